The summed E-state index contributed by atoms with van der Waals surface area (Å²) in [4.78, 5) is 2.42. The van der Waals surface area contributed by atoms with Crippen LogP contribution < -0.4 is 5.32 Å². The molecule has 0 saturated carbocycles. The third-order valence-corrected chi connectivity index (χ3v) is 4.14. The van der Waals surface area contributed by atoms with Crippen LogP contribution >= 0.6 is 0 Å². The van der Waals surface area contributed by atoms with Crippen molar-refractivity contribution in [2.24, 2.45) is 5.92 Å². The second-order valence-electron chi connectivity index (χ2n) is 6.02. The van der Waals surface area contributed by atoms with Crippen LogP contribution in [-0.2, 0) is 6.54 Å². The van der Waals surface area contributed by atoms with E-state index >= 15 is 0 Å². The van der Waals surface area contributed by atoms with E-state index in [9.17, 15) is 0 Å². The van der Waals surface area contributed by atoms with Gasteiger partial charge in [-0.2, -0.15) is 5.10 Å². The molecule has 3 rings (SSSR count). The summed E-state index contributed by atoms with van der Waals surface area (Å²) in [6.45, 7) is 4.49. The van der Waals surface area contributed by atoms with Crippen molar-refractivity contribution in [2.45, 2.75) is 19.4 Å². The molecule has 1 aromatic heterocycles. The molecular formula is C17H24N4. The molecule has 4 nitrogen and oxygen atoms in total. The average molecular weight is 284 g/mol. The molecule has 4 heteroatoms. The monoisotopic (exact) mass is 284 g/mol. The molecule has 0 unspecified atom stereocenters. The van der Waals surface area contributed by atoms with Crippen molar-refractivity contribution in [1.29, 1.82) is 0 Å². The van der Waals surface area contributed by atoms with E-state index in [4.69, 9.17) is 0 Å². The van der Waals surface area contributed by atoms with Crippen molar-refractivity contribution in [3.05, 3.63) is 48.3 Å². The quantitative estimate of drug-likeness (QED) is 0.914. The molecule has 0 spiro atoms. The van der Waals surface area contributed by atoms with E-state index in [0.29, 0.717) is 0 Å². The van der Waals surface area contributed by atoms with Gasteiger partial charge in [-0.15, -0.1) is 0 Å². The van der Waals surface area contributed by atoms with E-state index in [0.717, 1.165) is 18.2 Å². The van der Waals surface area contributed by atoms with E-state index in [-0.39, 0.29) is 0 Å². The Kier molecular flexibility index (Phi) is 4.68. The van der Waals surface area contributed by atoms with Crippen LogP contribution in [0, 0.1) is 5.92 Å². The number of para-hydroxylation sites is 1. The first kappa shape index (κ1) is 14.3. The molecule has 1 fully saturated rings. The Morgan fingerprint density at radius 3 is 2.76 bits per heavy atom. The van der Waals surface area contributed by atoms with Gasteiger partial charge in [-0.25, -0.2) is 4.68 Å². The number of benzene rings is 1. The lowest BCUT2D eigenvalue weighted by molar-refractivity contribution is 0.234. The first-order valence-corrected chi connectivity index (χ1v) is 7.79. The van der Waals surface area contributed by atoms with Crippen LogP contribution in [0.25, 0.3) is 5.69 Å². The van der Waals surface area contributed by atoms with E-state index in [2.05, 4.69) is 40.7 Å². The molecule has 0 bridgehead atoms. The lowest BCUT2D eigenvalue weighted by Gasteiger charge is -2.27. The lowest BCUT2D eigenvalue weighted by Crippen LogP contribution is -2.34. The average Bonchev–Trinajstić information content (AvgIpc) is 2.97. The van der Waals surface area contributed by atoms with E-state index in [1.807, 2.05) is 29.1 Å². The highest BCUT2D eigenvalue weighted by atomic mass is 15.3. The molecule has 1 N–H and O–H groups in total. The van der Waals surface area contributed by atoms with Gasteiger partial charge in [0.05, 0.1) is 11.9 Å². The SMILES string of the molecule is CN(Cc1cnn(-c2ccccc2)c1)CC1CCNCC1. The number of nitrogens with zero attached hydrogens (tertiary/aromatic N) is 3. The third-order valence-electron chi connectivity index (χ3n) is 4.14. The molecule has 1 aliphatic rings. The fourth-order valence-electron chi connectivity index (χ4n) is 3.04. The second-order valence-corrected chi connectivity index (χ2v) is 6.02. The number of aromatic nitrogens is 2. The molecule has 2 heterocycles. The lowest BCUT2D eigenvalue weighted by atomic mass is 9.97. The molecule has 2 aromatic rings. The molecule has 0 atom stereocenters. The summed E-state index contributed by atoms with van der Waals surface area (Å²) in [5.74, 6) is 0.834. The third kappa shape index (κ3) is 3.93. The zero-order valence-electron chi connectivity index (χ0n) is 12.7. The number of piperidine rings is 1. The predicted molar refractivity (Wildman–Crippen MR) is 85.5 cm³/mol. The molecule has 0 amide bonds. The Hall–Kier alpha value is -1.65. The number of hydrogen-bond acceptors (Lipinski definition) is 3. The Morgan fingerprint density at radius 2 is 2.00 bits per heavy atom. The molecule has 0 aliphatic carbocycles. The Morgan fingerprint density at radius 1 is 1.24 bits per heavy atom. The van der Waals surface area contributed by atoms with Crippen LogP contribution in [0.3, 0.4) is 0 Å². The summed E-state index contributed by atoms with van der Waals surface area (Å²) in [6.07, 6.45) is 6.71. The highest BCUT2D eigenvalue weighted by Gasteiger charge is 2.15. The van der Waals surface area contributed by atoms with Crippen molar-refractivity contribution < 1.29 is 0 Å². The smallest absolute Gasteiger partial charge is 0.0645 e. The standard InChI is InChI=1S/C17H24N4/c1-20(12-15-7-9-18-10-8-15)13-16-11-19-21(14-16)17-5-3-2-4-6-17/h2-6,11,14-15,18H,7-10,12-13H2,1H3. The van der Waals surface area contributed by atoms with Gasteiger partial charge in [0.25, 0.3) is 0 Å². The van der Waals surface area contributed by atoms with Crippen molar-refractivity contribution in [2.75, 3.05) is 26.7 Å². The molecule has 1 aliphatic heterocycles. The molecule has 1 aromatic carbocycles. The summed E-state index contributed by atoms with van der Waals surface area (Å²) in [6, 6.07) is 10.3. The van der Waals surface area contributed by atoms with Crippen molar-refractivity contribution in [1.82, 2.24) is 20.0 Å². The fraction of sp³-hybridized carbons (Fsp3) is 0.471. The maximum atomic E-state index is 4.47. The molecule has 0 radical (unpaired) electrons. The minimum atomic E-state index is 0.834. The highest BCUT2D eigenvalue weighted by Crippen LogP contribution is 2.15. The summed E-state index contributed by atoms with van der Waals surface area (Å²) in [5, 5.41) is 7.89. The van der Waals surface area contributed by atoms with Crippen LogP contribution in [0.15, 0.2) is 42.7 Å². The van der Waals surface area contributed by atoms with Gasteiger partial charge in [0, 0.05) is 24.8 Å². The van der Waals surface area contributed by atoms with Gasteiger partial charge < -0.3 is 10.2 Å². The van der Waals surface area contributed by atoms with Crippen LogP contribution in [0.4, 0.5) is 0 Å². The van der Waals surface area contributed by atoms with Crippen molar-refractivity contribution >= 4 is 0 Å². The zero-order valence-corrected chi connectivity index (χ0v) is 12.7. The topological polar surface area (TPSA) is 33.1 Å². The van der Waals surface area contributed by atoms with Crippen LogP contribution in [0.5, 0.6) is 0 Å². The minimum absolute atomic E-state index is 0.834. The largest absolute Gasteiger partial charge is 0.317 e. The van der Waals surface area contributed by atoms with Crippen LogP contribution in [-0.4, -0.2) is 41.4 Å². The van der Waals surface area contributed by atoms with E-state index in [1.165, 1.54) is 38.0 Å². The zero-order chi connectivity index (χ0) is 14.5. The Bertz CT molecular complexity index is 543. The number of hydrogen-bond donors (Lipinski definition) is 1. The highest BCUT2D eigenvalue weighted by molar-refractivity contribution is 5.30. The maximum Gasteiger partial charge on any atom is 0.0645 e. The summed E-state index contributed by atoms with van der Waals surface area (Å²) in [5.41, 5.74) is 2.39. The summed E-state index contributed by atoms with van der Waals surface area (Å²) in [7, 11) is 2.21. The first-order chi connectivity index (χ1) is 10.3. The van der Waals surface area contributed by atoms with Crippen molar-refractivity contribution in [3.8, 4) is 5.69 Å². The number of nitrogens with one attached hydrogen (secondary N) is 1. The molecular weight excluding hydrogens is 260 g/mol. The minimum Gasteiger partial charge on any atom is -0.317 e. The Balaban J connectivity index is 1.56. The van der Waals surface area contributed by atoms with Gasteiger partial charge >= 0.3 is 0 Å². The summed E-state index contributed by atoms with van der Waals surface area (Å²) >= 11 is 0. The van der Waals surface area contributed by atoms with Gasteiger partial charge in [0.1, 0.15) is 0 Å². The van der Waals surface area contributed by atoms with E-state index in [1.54, 1.807) is 0 Å². The van der Waals surface area contributed by atoms with Crippen molar-refractivity contribution in [3.63, 3.8) is 0 Å². The van der Waals surface area contributed by atoms with Gasteiger partial charge in [-0.1, -0.05) is 18.2 Å². The van der Waals surface area contributed by atoms with Gasteiger partial charge in [-0.05, 0) is 51.0 Å². The normalized spacial score (nSPS) is 16.5. The predicted octanol–water partition coefficient (Wildman–Crippen LogP) is 2.30. The van der Waals surface area contributed by atoms with Crippen LogP contribution in [0.1, 0.15) is 18.4 Å². The fourth-order valence-corrected chi connectivity index (χ4v) is 3.04. The molecule has 1 saturated heterocycles. The van der Waals surface area contributed by atoms with E-state index < -0.39 is 0 Å². The Labute approximate surface area is 126 Å². The molecule has 21 heavy (non-hydrogen) atoms. The van der Waals surface area contributed by atoms with Crippen LogP contribution in [0.2, 0.25) is 0 Å². The first-order valence-electron chi connectivity index (χ1n) is 7.79. The van der Waals surface area contributed by atoms with Gasteiger partial charge in [-0.3, -0.25) is 0 Å². The molecule has 112 valence electrons. The second kappa shape index (κ2) is 6.87. The number of rotatable bonds is 5. The maximum absolute atomic E-state index is 4.47. The van der Waals surface area contributed by atoms with Gasteiger partial charge in [0.2, 0.25) is 0 Å². The van der Waals surface area contributed by atoms with Gasteiger partial charge in [0.15, 0.2) is 0 Å². The summed E-state index contributed by atoms with van der Waals surface area (Å²) < 4.78 is 1.95.